The zero-order valence-corrected chi connectivity index (χ0v) is 9.59. The predicted molar refractivity (Wildman–Crippen MR) is 64.1 cm³/mol. The van der Waals surface area contributed by atoms with Gasteiger partial charge in [0.25, 0.3) is 0 Å². The minimum atomic E-state index is -4.41. The molecule has 0 bridgehead atoms. The third kappa shape index (κ3) is 3.31. The maximum absolute atomic E-state index is 12.7. The number of aromatic hydroxyl groups is 1. The Hall–Kier alpha value is -2.37. The van der Waals surface area contributed by atoms with Crippen LogP contribution in [0.2, 0.25) is 0 Å². The molecule has 1 N–H and O–H groups in total. The molecular formula is C13H9F3N2O. The molecule has 0 spiro atoms. The van der Waals surface area contributed by atoms with Crippen LogP contribution < -0.4 is 0 Å². The summed E-state index contributed by atoms with van der Waals surface area (Å²) in [5.74, 6) is 0. The van der Waals surface area contributed by atoms with Crippen molar-refractivity contribution < 1.29 is 18.3 Å². The van der Waals surface area contributed by atoms with Crippen molar-refractivity contribution in [3.05, 3.63) is 53.3 Å². The van der Waals surface area contributed by atoms with E-state index in [0.29, 0.717) is 5.69 Å². The van der Waals surface area contributed by atoms with Crippen LogP contribution in [0.3, 0.4) is 0 Å². The third-order valence-corrected chi connectivity index (χ3v) is 2.36. The highest BCUT2D eigenvalue weighted by molar-refractivity contribution is 5.70. The van der Waals surface area contributed by atoms with Crippen LogP contribution in [0, 0.1) is 0 Å². The van der Waals surface area contributed by atoms with Crippen molar-refractivity contribution in [2.24, 2.45) is 0 Å². The van der Waals surface area contributed by atoms with Crippen LogP contribution in [-0.4, -0.2) is 15.1 Å². The summed E-state index contributed by atoms with van der Waals surface area (Å²) in [6.45, 7) is 0. The van der Waals surface area contributed by atoms with Crippen molar-refractivity contribution >= 4 is 12.2 Å². The Morgan fingerprint density at radius 1 is 1.05 bits per heavy atom. The zero-order valence-electron chi connectivity index (χ0n) is 9.59. The second-order valence-electron chi connectivity index (χ2n) is 3.70. The molecule has 0 saturated heterocycles. The molecule has 0 fully saturated rings. The molecule has 0 amide bonds. The lowest BCUT2D eigenvalue weighted by atomic mass is 10.1. The molecule has 0 aliphatic rings. The fraction of sp³-hybridized carbons (Fsp3) is 0.0769. The molecular weight excluding hydrogens is 257 g/mol. The fourth-order valence-electron chi connectivity index (χ4n) is 1.53. The van der Waals surface area contributed by atoms with Gasteiger partial charge in [-0.15, -0.1) is 0 Å². The van der Waals surface area contributed by atoms with Gasteiger partial charge in [0.15, 0.2) is 0 Å². The van der Waals surface area contributed by atoms with E-state index in [2.05, 4.69) is 9.97 Å². The van der Waals surface area contributed by atoms with Gasteiger partial charge in [0.2, 0.25) is 0 Å². The van der Waals surface area contributed by atoms with Crippen LogP contribution in [0.15, 0.2) is 36.5 Å². The Bertz CT molecular complexity index is 609. The molecule has 1 heterocycles. The van der Waals surface area contributed by atoms with E-state index in [1.165, 1.54) is 42.6 Å². The van der Waals surface area contributed by atoms with Crippen LogP contribution in [0.5, 0.6) is 6.01 Å². The molecule has 2 rings (SSSR count). The van der Waals surface area contributed by atoms with E-state index in [1.807, 2.05) is 0 Å². The molecule has 0 radical (unpaired) electrons. The number of hydrogen-bond donors (Lipinski definition) is 1. The van der Waals surface area contributed by atoms with Crippen LogP contribution >= 0.6 is 0 Å². The molecule has 0 aliphatic carbocycles. The molecule has 3 nitrogen and oxygen atoms in total. The molecule has 0 unspecified atom stereocenters. The van der Waals surface area contributed by atoms with Gasteiger partial charge in [-0.05, 0) is 23.8 Å². The topological polar surface area (TPSA) is 46.0 Å². The van der Waals surface area contributed by atoms with Crippen LogP contribution in [0.1, 0.15) is 16.8 Å². The molecule has 6 heteroatoms. The number of aromatic nitrogens is 2. The van der Waals surface area contributed by atoms with Crippen molar-refractivity contribution in [2.45, 2.75) is 6.18 Å². The number of hydrogen-bond acceptors (Lipinski definition) is 3. The second kappa shape index (κ2) is 5.09. The fourth-order valence-corrected chi connectivity index (χ4v) is 1.53. The molecule has 0 aliphatic heterocycles. The molecule has 2 aromatic rings. The summed E-state index contributed by atoms with van der Waals surface area (Å²) in [7, 11) is 0. The number of benzene rings is 1. The minimum Gasteiger partial charge on any atom is -0.479 e. The van der Waals surface area contributed by atoms with E-state index in [9.17, 15) is 13.2 Å². The van der Waals surface area contributed by atoms with Gasteiger partial charge in [-0.2, -0.15) is 18.2 Å². The van der Waals surface area contributed by atoms with Gasteiger partial charge in [0.05, 0.1) is 11.3 Å². The largest absolute Gasteiger partial charge is 0.479 e. The van der Waals surface area contributed by atoms with Crippen molar-refractivity contribution in [3.8, 4) is 6.01 Å². The Morgan fingerprint density at radius 2 is 1.79 bits per heavy atom. The average Bonchev–Trinajstić information content (AvgIpc) is 2.36. The lowest BCUT2D eigenvalue weighted by molar-refractivity contribution is -0.137. The van der Waals surface area contributed by atoms with Gasteiger partial charge in [-0.1, -0.05) is 24.3 Å². The van der Waals surface area contributed by atoms with Crippen LogP contribution in [-0.2, 0) is 6.18 Å². The average molecular weight is 266 g/mol. The first-order valence-corrected chi connectivity index (χ1v) is 5.33. The molecule has 1 aromatic carbocycles. The smallest absolute Gasteiger partial charge is 0.416 e. The monoisotopic (exact) mass is 266 g/mol. The first-order chi connectivity index (χ1) is 8.97. The molecule has 98 valence electrons. The number of nitrogens with zero attached hydrogens (tertiary/aromatic N) is 2. The van der Waals surface area contributed by atoms with Gasteiger partial charge in [0, 0.05) is 6.20 Å². The number of halogens is 3. The van der Waals surface area contributed by atoms with E-state index < -0.39 is 17.8 Å². The van der Waals surface area contributed by atoms with Crippen molar-refractivity contribution in [3.63, 3.8) is 0 Å². The Kier molecular flexibility index (Phi) is 3.50. The summed E-state index contributed by atoms with van der Waals surface area (Å²) in [4.78, 5) is 7.14. The molecule has 0 saturated carbocycles. The third-order valence-electron chi connectivity index (χ3n) is 2.36. The normalized spacial score (nSPS) is 11.9. The summed E-state index contributed by atoms with van der Waals surface area (Å²) in [5.41, 5.74) is -0.359. The highest BCUT2D eigenvalue weighted by Gasteiger charge is 2.32. The highest BCUT2D eigenvalue weighted by Crippen LogP contribution is 2.32. The summed E-state index contributed by atoms with van der Waals surface area (Å²) >= 11 is 0. The van der Waals surface area contributed by atoms with E-state index in [-0.39, 0.29) is 5.56 Å². The molecule has 1 aromatic heterocycles. The first-order valence-electron chi connectivity index (χ1n) is 5.33. The van der Waals surface area contributed by atoms with Crippen molar-refractivity contribution in [1.82, 2.24) is 9.97 Å². The molecule has 19 heavy (non-hydrogen) atoms. The van der Waals surface area contributed by atoms with Gasteiger partial charge in [-0.3, -0.25) is 0 Å². The quantitative estimate of drug-likeness (QED) is 0.906. The van der Waals surface area contributed by atoms with Crippen LogP contribution in [0.25, 0.3) is 12.2 Å². The zero-order chi connectivity index (χ0) is 13.9. The minimum absolute atomic E-state index is 0.0353. The standard InChI is InChI=1S/C13H9F3N2O/c14-13(15,16)11-4-2-1-3-9(11)5-6-10-7-8-17-12(19)18-10/h1-8H,(H,17,18,19). The Balaban J connectivity index is 2.34. The van der Waals surface area contributed by atoms with E-state index >= 15 is 0 Å². The van der Waals surface area contributed by atoms with Gasteiger partial charge in [-0.25, -0.2) is 4.98 Å². The number of alkyl halides is 3. The summed E-state index contributed by atoms with van der Waals surface area (Å²) in [5, 5.41) is 9.06. The summed E-state index contributed by atoms with van der Waals surface area (Å²) in [6.07, 6.45) is -0.414. The lowest BCUT2D eigenvalue weighted by Gasteiger charge is -2.09. The predicted octanol–water partition coefficient (Wildman–Crippen LogP) is 3.37. The number of rotatable bonds is 2. The van der Waals surface area contributed by atoms with Gasteiger partial charge >= 0.3 is 12.2 Å². The first kappa shape index (κ1) is 13.1. The van der Waals surface area contributed by atoms with E-state index in [0.717, 1.165) is 6.07 Å². The summed E-state index contributed by atoms with van der Waals surface area (Å²) in [6, 6.07) is 6.28. The maximum Gasteiger partial charge on any atom is 0.416 e. The van der Waals surface area contributed by atoms with E-state index in [1.54, 1.807) is 0 Å². The van der Waals surface area contributed by atoms with Crippen molar-refractivity contribution in [2.75, 3.05) is 0 Å². The lowest BCUT2D eigenvalue weighted by Crippen LogP contribution is -2.06. The maximum atomic E-state index is 12.7. The second-order valence-corrected chi connectivity index (χ2v) is 3.70. The Labute approximate surface area is 107 Å². The highest BCUT2D eigenvalue weighted by atomic mass is 19.4. The van der Waals surface area contributed by atoms with Gasteiger partial charge in [0.1, 0.15) is 0 Å². The SMILES string of the molecule is Oc1nccc(C=Cc2ccccc2C(F)(F)F)n1. The van der Waals surface area contributed by atoms with Crippen LogP contribution in [0.4, 0.5) is 13.2 Å². The van der Waals surface area contributed by atoms with Gasteiger partial charge < -0.3 is 5.11 Å². The van der Waals surface area contributed by atoms with Crippen molar-refractivity contribution in [1.29, 1.82) is 0 Å². The Morgan fingerprint density at radius 3 is 2.47 bits per heavy atom. The molecule has 0 atom stereocenters. The summed E-state index contributed by atoms with van der Waals surface area (Å²) < 4.78 is 38.2. The van der Waals surface area contributed by atoms with E-state index in [4.69, 9.17) is 5.11 Å².